The molecule has 0 aliphatic carbocycles. The van der Waals surface area contributed by atoms with E-state index in [-0.39, 0.29) is 16.5 Å². The van der Waals surface area contributed by atoms with E-state index in [0.717, 1.165) is 24.0 Å². The van der Waals surface area contributed by atoms with Crippen molar-refractivity contribution in [1.29, 1.82) is 0 Å². The lowest BCUT2D eigenvalue weighted by Crippen LogP contribution is -2.31. The van der Waals surface area contributed by atoms with Crippen molar-refractivity contribution in [2.75, 3.05) is 18.4 Å². The zero-order valence-corrected chi connectivity index (χ0v) is 18.6. The van der Waals surface area contributed by atoms with E-state index < -0.39 is 15.9 Å². The number of hydrogen-bond acceptors (Lipinski definition) is 6. The molecule has 31 heavy (non-hydrogen) atoms. The Morgan fingerprint density at radius 3 is 2.48 bits per heavy atom. The summed E-state index contributed by atoms with van der Waals surface area (Å²) in [6.07, 6.45) is 1.70. The van der Waals surface area contributed by atoms with Crippen LogP contribution in [0, 0.1) is 6.92 Å². The largest absolute Gasteiger partial charge is 0.403 e. The van der Waals surface area contributed by atoms with Gasteiger partial charge in [0.1, 0.15) is 0 Å². The molecule has 1 aromatic heterocycles. The van der Waals surface area contributed by atoms with Crippen molar-refractivity contribution in [3.63, 3.8) is 0 Å². The number of amides is 1. The minimum absolute atomic E-state index is 0.0325. The number of benzene rings is 2. The number of aryl methyl sites for hydroxylation is 1. The van der Waals surface area contributed by atoms with Gasteiger partial charge in [0.2, 0.25) is 15.9 Å². The van der Waals surface area contributed by atoms with Crippen LogP contribution in [0.15, 0.2) is 57.8 Å². The van der Waals surface area contributed by atoms with Gasteiger partial charge in [-0.1, -0.05) is 43.1 Å². The van der Waals surface area contributed by atoms with Crippen LogP contribution in [0.2, 0.25) is 0 Å². The summed E-state index contributed by atoms with van der Waals surface area (Å²) < 4.78 is 32.6. The fraction of sp³-hybridized carbons (Fsp3) is 0.318. The second-order valence-corrected chi connectivity index (χ2v) is 9.05. The van der Waals surface area contributed by atoms with Gasteiger partial charge in [-0.05, 0) is 49.7 Å². The molecule has 1 heterocycles. The minimum Gasteiger partial charge on any atom is -0.403 e. The van der Waals surface area contributed by atoms with Crippen LogP contribution in [0.4, 0.5) is 6.01 Å². The number of nitrogens with zero attached hydrogens (tertiary/aromatic N) is 3. The quantitative estimate of drug-likeness (QED) is 0.535. The lowest BCUT2D eigenvalue weighted by Gasteiger charge is -2.20. The molecule has 2 aromatic carbocycles. The van der Waals surface area contributed by atoms with Crippen molar-refractivity contribution in [2.24, 2.45) is 0 Å². The normalized spacial score (nSPS) is 11.6. The molecule has 1 amide bonds. The number of unbranched alkanes of at least 4 members (excludes halogenated alkanes) is 1. The van der Waals surface area contributed by atoms with Gasteiger partial charge in [0.25, 0.3) is 5.91 Å². The Morgan fingerprint density at radius 1 is 1.10 bits per heavy atom. The van der Waals surface area contributed by atoms with E-state index in [1.54, 1.807) is 0 Å². The van der Waals surface area contributed by atoms with E-state index >= 15 is 0 Å². The van der Waals surface area contributed by atoms with Gasteiger partial charge < -0.3 is 4.42 Å². The van der Waals surface area contributed by atoms with Gasteiger partial charge in [-0.2, -0.15) is 4.31 Å². The van der Waals surface area contributed by atoms with Gasteiger partial charge >= 0.3 is 6.01 Å². The molecule has 0 fully saturated rings. The third-order valence-corrected chi connectivity index (χ3v) is 6.77. The summed E-state index contributed by atoms with van der Waals surface area (Å²) in [5, 5.41) is 10.4. The van der Waals surface area contributed by atoms with E-state index in [2.05, 4.69) is 15.5 Å². The fourth-order valence-corrected chi connectivity index (χ4v) is 4.54. The molecule has 0 atom stereocenters. The predicted molar refractivity (Wildman–Crippen MR) is 118 cm³/mol. The Morgan fingerprint density at radius 2 is 1.84 bits per heavy atom. The molecule has 3 aromatic rings. The molecule has 0 saturated carbocycles. The summed E-state index contributed by atoms with van der Waals surface area (Å²) in [4.78, 5) is 12.7. The first-order valence-electron chi connectivity index (χ1n) is 10.2. The number of nitrogens with one attached hydrogen (secondary N) is 1. The molecule has 0 saturated heterocycles. The highest BCUT2D eigenvalue weighted by molar-refractivity contribution is 7.89. The van der Waals surface area contributed by atoms with E-state index in [1.165, 1.54) is 28.6 Å². The molecule has 0 aliphatic rings. The Hall–Kier alpha value is -3.04. The lowest BCUT2D eigenvalue weighted by molar-refractivity contribution is 0.102. The highest BCUT2D eigenvalue weighted by Gasteiger charge is 2.23. The van der Waals surface area contributed by atoms with Crippen LogP contribution >= 0.6 is 0 Å². The molecule has 0 unspecified atom stereocenters. The lowest BCUT2D eigenvalue weighted by atomic mass is 10.1. The number of hydrogen-bond donors (Lipinski definition) is 1. The third-order valence-electron chi connectivity index (χ3n) is 4.78. The zero-order valence-electron chi connectivity index (χ0n) is 17.8. The van der Waals surface area contributed by atoms with Gasteiger partial charge in [0, 0.05) is 24.2 Å². The van der Waals surface area contributed by atoms with Gasteiger partial charge in [0.05, 0.1) is 4.90 Å². The maximum atomic E-state index is 12.8. The second kappa shape index (κ2) is 9.84. The highest BCUT2D eigenvalue weighted by atomic mass is 32.2. The number of carbonyl (C=O) groups is 1. The molecule has 0 radical (unpaired) electrons. The van der Waals surface area contributed by atoms with E-state index in [9.17, 15) is 13.2 Å². The first-order chi connectivity index (χ1) is 14.8. The molecule has 9 heteroatoms. The van der Waals surface area contributed by atoms with Crippen LogP contribution < -0.4 is 5.32 Å². The molecule has 8 nitrogen and oxygen atoms in total. The molecule has 164 valence electrons. The summed E-state index contributed by atoms with van der Waals surface area (Å²) in [6, 6.07) is 13.3. The summed E-state index contributed by atoms with van der Waals surface area (Å²) in [5.41, 5.74) is 2.09. The maximum absolute atomic E-state index is 12.8. The first-order valence-corrected chi connectivity index (χ1v) is 11.6. The standard InChI is InChI=1S/C22H26N4O4S/c1-4-6-14-26(5-2)31(28,29)19-12-10-17(11-13-19)20(27)23-22-25-24-21(30-22)18-9-7-8-16(3)15-18/h7-13,15H,4-6,14H2,1-3H3,(H,23,25,27). The number of aromatic nitrogens is 2. The average molecular weight is 443 g/mol. The van der Waals surface area contributed by atoms with Crippen LogP contribution in [0.5, 0.6) is 0 Å². The van der Waals surface area contributed by atoms with Crippen molar-refractivity contribution >= 4 is 21.9 Å². The smallest absolute Gasteiger partial charge is 0.322 e. The number of sulfonamides is 1. The third kappa shape index (κ3) is 5.36. The SMILES string of the molecule is CCCCN(CC)S(=O)(=O)c1ccc(C(=O)Nc2nnc(-c3cccc(C)c3)o2)cc1. The number of rotatable bonds is 9. The summed E-state index contributed by atoms with van der Waals surface area (Å²) in [7, 11) is -3.59. The molecule has 0 spiro atoms. The van der Waals surface area contributed by atoms with Gasteiger partial charge in [-0.25, -0.2) is 8.42 Å². The monoisotopic (exact) mass is 442 g/mol. The minimum atomic E-state index is -3.59. The average Bonchev–Trinajstić information content (AvgIpc) is 3.23. The van der Waals surface area contributed by atoms with Crippen LogP contribution in [0.25, 0.3) is 11.5 Å². The topological polar surface area (TPSA) is 105 Å². The Kier molecular flexibility index (Phi) is 7.19. The Bertz CT molecular complexity index is 1140. The van der Waals surface area contributed by atoms with Crippen LogP contribution in [0.1, 0.15) is 42.6 Å². The predicted octanol–water partition coefficient (Wildman–Crippen LogP) is 4.11. The zero-order chi connectivity index (χ0) is 22.4. The molecular weight excluding hydrogens is 416 g/mol. The Labute approximate surface area is 182 Å². The van der Waals surface area contributed by atoms with E-state index in [1.807, 2.05) is 45.0 Å². The van der Waals surface area contributed by atoms with Crippen molar-refractivity contribution in [2.45, 2.75) is 38.5 Å². The fourth-order valence-electron chi connectivity index (χ4n) is 3.05. The van der Waals surface area contributed by atoms with Gasteiger partial charge in [-0.15, -0.1) is 5.10 Å². The van der Waals surface area contributed by atoms with Crippen LogP contribution in [-0.4, -0.2) is 41.9 Å². The summed E-state index contributed by atoms with van der Waals surface area (Å²) in [6.45, 7) is 6.64. The van der Waals surface area contributed by atoms with E-state index in [0.29, 0.717) is 19.0 Å². The van der Waals surface area contributed by atoms with Crippen molar-refractivity contribution < 1.29 is 17.6 Å². The van der Waals surface area contributed by atoms with Crippen LogP contribution in [0.3, 0.4) is 0 Å². The summed E-state index contributed by atoms with van der Waals surface area (Å²) >= 11 is 0. The second-order valence-electron chi connectivity index (χ2n) is 7.11. The maximum Gasteiger partial charge on any atom is 0.322 e. The van der Waals surface area contributed by atoms with Gasteiger partial charge in [0.15, 0.2) is 0 Å². The van der Waals surface area contributed by atoms with Crippen molar-refractivity contribution in [1.82, 2.24) is 14.5 Å². The number of carbonyl (C=O) groups excluding carboxylic acids is 1. The first kappa shape index (κ1) is 22.6. The van der Waals surface area contributed by atoms with Crippen LogP contribution in [-0.2, 0) is 10.0 Å². The highest BCUT2D eigenvalue weighted by Crippen LogP contribution is 2.21. The van der Waals surface area contributed by atoms with Gasteiger partial charge in [-0.3, -0.25) is 10.1 Å². The molecule has 1 N–H and O–H groups in total. The molecule has 0 bridgehead atoms. The van der Waals surface area contributed by atoms with Crippen molar-refractivity contribution in [3.05, 3.63) is 59.7 Å². The Balaban J connectivity index is 1.71. The summed E-state index contributed by atoms with van der Waals surface area (Å²) in [5.74, 6) is -0.172. The van der Waals surface area contributed by atoms with Crippen molar-refractivity contribution in [3.8, 4) is 11.5 Å². The molecular formula is C22H26N4O4S. The molecule has 0 aliphatic heterocycles. The van der Waals surface area contributed by atoms with E-state index in [4.69, 9.17) is 4.42 Å². The molecule has 3 rings (SSSR count). The number of anilines is 1.